The lowest BCUT2D eigenvalue weighted by Gasteiger charge is -2.40. The molecule has 2 unspecified atom stereocenters. The number of amides is 1. The molecule has 0 bridgehead atoms. The van der Waals surface area contributed by atoms with Gasteiger partial charge >= 0.3 is 0 Å². The smallest absolute Gasteiger partial charge is 0.229 e. The Balaban J connectivity index is 2.48. The van der Waals surface area contributed by atoms with Gasteiger partial charge in [-0.15, -0.1) is 0 Å². The lowest BCUT2D eigenvalue weighted by molar-refractivity contribution is -0.122. The van der Waals surface area contributed by atoms with E-state index in [1.54, 1.807) is 30.0 Å². The van der Waals surface area contributed by atoms with Gasteiger partial charge in [0.25, 0.3) is 0 Å². The van der Waals surface area contributed by atoms with E-state index in [1.165, 1.54) is 0 Å². The average Bonchev–Trinajstić information content (AvgIpc) is 2.43. The van der Waals surface area contributed by atoms with Crippen LogP contribution >= 0.6 is 0 Å². The van der Waals surface area contributed by atoms with Gasteiger partial charge in [0.1, 0.15) is 11.4 Å². The number of nitrogens with two attached hydrogens (primary N) is 1. The number of ether oxygens (including phenoxy) is 1. The minimum absolute atomic E-state index is 0.0464. The predicted molar refractivity (Wildman–Crippen MR) is 86.9 cm³/mol. The molecule has 0 fully saturated rings. The molecule has 1 aliphatic heterocycles. The van der Waals surface area contributed by atoms with E-state index in [9.17, 15) is 9.90 Å². The zero-order chi connectivity index (χ0) is 16.7. The van der Waals surface area contributed by atoms with Crippen LogP contribution in [-0.4, -0.2) is 29.2 Å². The molecule has 2 atom stereocenters. The van der Waals surface area contributed by atoms with E-state index in [4.69, 9.17) is 10.5 Å². The molecule has 1 aromatic rings. The second-order valence-electron chi connectivity index (χ2n) is 6.97. The summed E-state index contributed by atoms with van der Waals surface area (Å²) in [5.74, 6) is 0.597. The zero-order valence-electron chi connectivity index (χ0n) is 14.0. The molecular weight excluding hydrogens is 280 g/mol. The van der Waals surface area contributed by atoms with Crippen LogP contribution in [-0.2, 0) is 4.79 Å². The molecule has 22 heavy (non-hydrogen) atoms. The molecule has 0 saturated carbocycles. The number of aliphatic hydroxyl groups is 1. The van der Waals surface area contributed by atoms with Crippen molar-refractivity contribution >= 4 is 11.6 Å². The highest BCUT2D eigenvalue weighted by Gasteiger charge is 2.36. The Morgan fingerprint density at radius 2 is 2.00 bits per heavy atom. The van der Waals surface area contributed by atoms with Gasteiger partial charge in [0.2, 0.25) is 5.91 Å². The lowest BCUT2D eigenvalue weighted by atomic mass is 9.99. The Morgan fingerprint density at radius 3 is 2.55 bits per heavy atom. The van der Waals surface area contributed by atoms with E-state index in [-0.39, 0.29) is 17.9 Å². The third-order valence-electron chi connectivity index (χ3n) is 3.80. The third kappa shape index (κ3) is 3.25. The van der Waals surface area contributed by atoms with Crippen molar-refractivity contribution in [2.45, 2.75) is 52.4 Å². The summed E-state index contributed by atoms with van der Waals surface area (Å²) < 4.78 is 5.97. The van der Waals surface area contributed by atoms with Gasteiger partial charge in [-0.25, -0.2) is 0 Å². The number of benzene rings is 1. The van der Waals surface area contributed by atoms with Crippen LogP contribution in [0.3, 0.4) is 0 Å². The van der Waals surface area contributed by atoms with E-state index >= 15 is 0 Å². The summed E-state index contributed by atoms with van der Waals surface area (Å²) >= 11 is 0. The predicted octanol–water partition coefficient (Wildman–Crippen LogP) is 2.23. The van der Waals surface area contributed by atoms with Crippen LogP contribution in [0.25, 0.3) is 0 Å². The van der Waals surface area contributed by atoms with E-state index in [1.807, 2.05) is 27.7 Å². The van der Waals surface area contributed by atoms with Gasteiger partial charge in [0.15, 0.2) is 0 Å². The highest BCUT2D eigenvalue weighted by Crippen LogP contribution is 2.39. The number of anilines is 1. The first kappa shape index (κ1) is 16.8. The number of carbonyl (C=O) groups is 1. The minimum atomic E-state index is -0.767. The molecule has 5 nitrogen and oxygen atoms in total. The molecule has 0 aromatic heterocycles. The number of aliphatic hydroxyl groups excluding tert-OH is 1. The molecule has 1 aromatic carbocycles. The molecule has 1 amide bonds. The summed E-state index contributed by atoms with van der Waals surface area (Å²) in [5.41, 5.74) is 6.72. The molecule has 0 spiro atoms. The summed E-state index contributed by atoms with van der Waals surface area (Å²) in [6.07, 6.45) is -0.767. The van der Waals surface area contributed by atoms with Crippen molar-refractivity contribution < 1.29 is 14.6 Å². The average molecular weight is 306 g/mol. The Kier molecular flexibility index (Phi) is 4.49. The second-order valence-corrected chi connectivity index (χ2v) is 6.97. The van der Waals surface area contributed by atoms with Gasteiger partial charge < -0.3 is 20.5 Å². The topological polar surface area (TPSA) is 75.8 Å². The molecule has 3 N–H and O–H groups in total. The monoisotopic (exact) mass is 306 g/mol. The van der Waals surface area contributed by atoms with E-state index in [0.717, 1.165) is 0 Å². The lowest BCUT2D eigenvalue weighted by Crippen LogP contribution is -2.50. The molecule has 5 heteroatoms. The second kappa shape index (κ2) is 5.89. The van der Waals surface area contributed by atoms with E-state index in [0.29, 0.717) is 23.5 Å². The molecule has 0 radical (unpaired) electrons. The Bertz CT molecular complexity index is 567. The summed E-state index contributed by atoms with van der Waals surface area (Å²) in [4.78, 5) is 14.3. The molecule has 122 valence electrons. The van der Waals surface area contributed by atoms with Crippen LogP contribution in [0, 0.1) is 5.92 Å². The standard InChI is InChI=1S/C17H26N2O3/c1-10(2)16(21)19-9-17(4,5)22-14-7-6-12(8-13(14)19)15(20)11(3)18/h6-8,10-11,15,20H,9,18H2,1-5H3. The quantitative estimate of drug-likeness (QED) is 0.898. The molecule has 1 aliphatic rings. The fraction of sp³-hybridized carbons (Fsp3) is 0.588. The first-order valence-corrected chi connectivity index (χ1v) is 7.70. The Hall–Kier alpha value is -1.59. The van der Waals surface area contributed by atoms with Crippen molar-refractivity contribution in [3.05, 3.63) is 23.8 Å². The van der Waals surface area contributed by atoms with Gasteiger partial charge in [-0.05, 0) is 38.5 Å². The van der Waals surface area contributed by atoms with Crippen molar-refractivity contribution in [2.75, 3.05) is 11.4 Å². The molecule has 0 aliphatic carbocycles. The number of hydrogen-bond acceptors (Lipinski definition) is 4. The van der Waals surface area contributed by atoms with Gasteiger partial charge in [0, 0.05) is 12.0 Å². The molecule has 0 saturated heterocycles. The maximum Gasteiger partial charge on any atom is 0.229 e. The summed E-state index contributed by atoms with van der Waals surface area (Å²) in [6.45, 7) is 9.91. The Morgan fingerprint density at radius 1 is 1.36 bits per heavy atom. The van der Waals surface area contributed by atoms with Crippen LogP contribution < -0.4 is 15.4 Å². The Labute approximate surface area is 132 Å². The van der Waals surface area contributed by atoms with Crippen LogP contribution in [0.2, 0.25) is 0 Å². The molecule has 1 heterocycles. The van der Waals surface area contributed by atoms with Crippen LogP contribution in [0.1, 0.15) is 46.3 Å². The highest BCUT2D eigenvalue weighted by molar-refractivity contribution is 5.96. The maximum atomic E-state index is 12.5. The SMILES string of the molecule is CC(C)C(=O)N1CC(C)(C)Oc2ccc(C(O)C(C)N)cc21. The minimum Gasteiger partial charge on any atom is -0.484 e. The third-order valence-corrected chi connectivity index (χ3v) is 3.80. The van der Waals surface area contributed by atoms with Crippen molar-refractivity contribution in [2.24, 2.45) is 11.7 Å². The number of hydrogen-bond donors (Lipinski definition) is 2. The van der Waals surface area contributed by atoms with Crippen LogP contribution in [0.4, 0.5) is 5.69 Å². The van der Waals surface area contributed by atoms with Crippen molar-refractivity contribution in [3.8, 4) is 5.75 Å². The molecule has 2 rings (SSSR count). The fourth-order valence-electron chi connectivity index (χ4n) is 2.62. The van der Waals surface area contributed by atoms with Gasteiger partial charge in [-0.2, -0.15) is 0 Å². The van der Waals surface area contributed by atoms with Crippen molar-refractivity contribution in [1.29, 1.82) is 0 Å². The number of nitrogens with zero attached hydrogens (tertiary/aromatic N) is 1. The largest absolute Gasteiger partial charge is 0.484 e. The zero-order valence-corrected chi connectivity index (χ0v) is 14.0. The van der Waals surface area contributed by atoms with Crippen molar-refractivity contribution in [1.82, 2.24) is 0 Å². The highest BCUT2D eigenvalue weighted by atomic mass is 16.5. The number of fused-ring (bicyclic) bond motifs is 1. The van der Waals surface area contributed by atoms with Gasteiger partial charge in [-0.1, -0.05) is 19.9 Å². The fourth-order valence-corrected chi connectivity index (χ4v) is 2.62. The first-order valence-electron chi connectivity index (χ1n) is 7.70. The summed E-state index contributed by atoms with van der Waals surface area (Å²) in [6, 6.07) is 5.02. The van der Waals surface area contributed by atoms with E-state index < -0.39 is 11.7 Å². The number of carbonyl (C=O) groups excluding carboxylic acids is 1. The normalized spacial score (nSPS) is 19.4. The maximum absolute atomic E-state index is 12.5. The number of rotatable bonds is 3. The van der Waals surface area contributed by atoms with Crippen molar-refractivity contribution in [3.63, 3.8) is 0 Å². The molecular formula is C17H26N2O3. The summed E-state index contributed by atoms with van der Waals surface area (Å²) in [5, 5.41) is 10.2. The van der Waals surface area contributed by atoms with Gasteiger partial charge in [-0.3, -0.25) is 4.79 Å². The first-order chi connectivity index (χ1) is 10.1. The van der Waals surface area contributed by atoms with Gasteiger partial charge in [0.05, 0.1) is 18.3 Å². The van der Waals surface area contributed by atoms with Crippen LogP contribution in [0.15, 0.2) is 18.2 Å². The summed E-state index contributed by atoms with van der Waals surface area (Å²) in [7, 11) is 0. The van der Waals surface area contributed by atoms with E-state index in [2.05, 4.69) is 0 Å². The van der Waals surface area contributed by atoms with Crippen LogP contribution in [0.5, 0.6) is 5.75 Å².